The van der Waals surface area contributed by atoms with Gasteiger partial charge < -0.3 is 10.2 Å². The molecular formula is C7H12N4O3S. The summed E-state index contributed by atoms with van der Waals surface area (Å²) in [5.74, 6) is -0.611. The van der Waals surface area contributed by atoms with Gasteiger partial charge in [0.25, 0.3) is 0 Å². The maximum atomic E-state index is 10.4. The number of tetrazole rings is 1. The van der Waals surface area contributed by atoms with E-state index in [0.717, 1.165) is 0 Å². The SMILES string of the molecule is CC(C)(O)CSc1nnnn1CC(=O)O. The summed E-state index contributed by atoms with van der Waals surface area (Å²) < 4.78 is 1.18. The number of carboxylic acid groups (broad SMARTS) is 1. The Balaban J connectivity index is 2.61. The van der Waals surface area contributed by atoms with E-state index in [1.54, 1.807) is 13.8 Å². The van der Waals surface area contributed by atoms with Gasteiger partial charge in [-0.25, -0.2) is 4.68 Å². The number of aliphatic carboxylic acids is 1. The minimum atomic E-state index is -1.01. The van der Waals surface area contributed by atoms with E-state index < -0.39 is 11.6 Å². The number of carbonyl (C=O) groups is 1. The van der Waals surface area contributed by atoms with E-state index in [1.165, 1.54) is 16.4 Å². The second-order valence-corrected chi connectivity index (χ2v) is 4.56. The zero-order valence-electron chi connectivity index (χ0n) is 8.41. The average Bonchev–Trinajstić information content (AvgIpc) is 2.46. The highest BCUT2D eigenvalue weighted by Crippen LogP contribution is 2.19. The maximum Gasteiger partial charge on any atom is 0.325 e. The fourth-order valence-electron chi connectivity index (χ4n) is 0.768. The van der Waals surface area contributed by atoms with Gasteiger partial charge in [-0.05, 0) is 24.3 Å². The second kappa shape index (κ2) is 4.58. The first-order chi connectivity index (χ1) is 6.88. The molecule has 1 heterocycles. The molecule has 0 atom stereocenters. The van der Waals surface area contributed by atoms with Crippen LogP contribution in [0.15, 0.2) is 5.16 Å². The van der Waals surface area contributed by atoms with Crippen LogP contribution in [0.4, 0.5) is 0 Å². The summed E-state index contributed by atoms with van der Waals surface area (Å²) in [6.45, 7) is 3.04. The highest BCUT2D eigenvalue weighted by Gasteiger charge is 2.16. The lowest BCUT2D eigenvalue weighted by molar-refractivity contribution is -0.138. The average molecular weight is 232 g/mol. The topological polar surface area (TPSA) is 101 Å². The number of aliphatic hydroxyl groups is 1. The largest absolute Gasteiger partial charge is 0.480 e. The number of carboxylic acids is 1. The Labute approximate surface area is 90.5 Å². The van der Waals surface area contributed by atoms with Crippen LogP contribution in [0.3, 0.4) is 0 Å². The summed E-state index contributed by atoms with van der Waals surface area (Å²) in [7, 11) is 0. The fraction of sp³-hybridized carbons (Fsp3) is 0.714. The van der Waals surface area contributed by atoms with Crippen LogP contribution in [0.2, 0.25) is 0 Å². The van der Waals surface area contributed by atoms with Crippen molar-refractivity contribution in [3.05, 3.63) is 0 Å². The van der Waals surface area contributed by atoms with Gasteiger partial charge >= 0.3 is 5.97 Å². The zero-order chi connectivity index (χ0) is 11.5. The predicted molar refractivity (Wildman–Crippen MR) is 52.5 cm³/mol. The fourth-order valence-corrected chi connectivity index (χ4v) is 1.59. The van der Waals surface area contributed by atoms with Crippen molar-refractivity contribution in [2.75, 3.05) is 5.75 Å². The molecule has 0 radical (unpaired) electrons. The first kappa shape index (κ1) is 11.9. The molecule has 0 saturated heterocycles. The second-order valence-electron chi connectivity index (χ2n) is 3.61. The molecule has 0 saturated carbocycles. The number of thioether (sulfide) groups is 1. The number of hydrogen-bond acceptors (Lipinski definition) is 6. The van der Waals surface area contributed by atoms with E-state index in [0.29, 0.717) is 10.9 Å². The first-order valence-corrected chi connectivity index (χ1v) is 5.20. The van der Waals surface area contributed by atoms with Crippen LogP contribution in [0.25, 0.3) is 0 Å². The van der Waals surface area contributed by atoms with E-state index >= 15 is 0 Å². The normalized spacial score (nSPS) is 11.7. The molecule has 0 aliphatic heterocycles. The van der Waals surface area contributed by atoms with E-state index in [1.807, 2.05) is 0 Å². The molecule has 0 aliphatic carbocycles. The molecule has 1 aromatic heterocycles. The van der Waals surface area contributed by atoms with Crippen molar-refractivity contribution in [3.63, 3.8) is 0 Å². The van der Waals surface area contributed by atoms with Gasteiger partial charge in [0.1, 0.15) is 6.54 Å². The molecule has 2 N–H and O–H groups in total. The molecule has 7 nitrogen and oxygen atoms in total. The van der Waals surface area contributed by atoms with Crippen molar-refractivity contribution in [3.8, 4) is 0 Å². The molecular weight excluding hydrogens is 220 g/mol. The number of hydrogen-bond donors (Lipinski definition) is 2. The molecule has 15 heavy (non-hydrogen) atoms. The van der Waals surface area contributed by atoms with E-state index in [-0.39, 0.29) is 6.54 Å². The monoisotopic (exact) mass is 232 g/mol. The van der Waals surface area contributed by atoms with Gasteiger partial charge in [0, 0.05) is 5.75 Å². The minimum Gasteiger partial charge on any atom is -0.480 e. The Morgan fingerprint density at radius 2 is 2.27 bits per heavy atom. The van der Waals surface area contributed by atoms with Gasteiger partial charge in [0.2, 0.25) is 5.16 Å². The lowest BCUT2D eigenvalue weighted by Crippen LogP contribution is -2.22. The van der Waals surface area contributed by atoms with Gasteiger partial charge in [0.05, 0.1) is 5.60 Å². The molecule has 1 aromatic rings. The van der Waals surface area contributed by atoms with Crippen molar-refractivity contribution in [2.24, 2.45) is 0 Å². The van der Waals surface area contributed by atoms with Gasteiger partial charge in [-0.15, -0.1) is 5.10 Å². The molecule has 0 bridgehead atoms. The van der Waals surface area contributed by atoms with Gasteiger partial charge in [-0.1, -0.05) is 11.8 Å². The third-order valence-electron chi connectivity index (χ3n) is 1.34. The highest BCUT2D eigenvalue weighted by atomic mass is 32.2. The maximum absolute atomic E-state index is 10.4. The van der Waals surface area contributed by atoms with Crippen LogP contribution in [-0.2, 0) is 11.3 Å². The Morgan fingerprint density at radius 1 is 1.60 bits per heavy atom. The molecule has 84 valence electrons. The third-order valence-corrected chi connectivity index (χ3v) is 2.74. The Hall–Kier alpha value is -1.15. The summed E-state index contributed by atoms with van der Waals surface area (Å²) in [5.41, 5.74) is -0.843. The predicted octanol–water partition coefficient (Wildman–Crippen LogP) is -0.379. The van der Waals surface area contributed by atoms with E-state index in [4.69, 9.17) is 5.11 Å². The number of nitrogens with zero attached hydrogens (tertiary/aromatic N) is 4. The summed E-state index contributed by atoms with van der Waals surface area (Å²) in [5, 5.41) is 29.0. The van der Waals surface area contributed by atoms with Crippen LogP contribution in [0, 0.1) is 0 Å². The number of rotatable bonds is 5. The molecule has 0 aliphatic rings. The van der Waals surface area contributed by atoms with Crippen molar-refractivity contribution >= 4 is 17.7 Å². The lowest BCUT2D eigenvalue weighted by atomic mass is 10.2. The van der Waals surface area contributed by atoms with E-state index in [2.05, 4.69) is 15.5 Å². The van der Waals surface area contributed by atoms with Crippen LogP contribution >= 0.6 is 11.8 Å². The van der Waals surface area contributed by atoms with Crippen molar-refractivity contribution < 1.29 is 15.0 Å². The molecule has 1 rings (SSSR count). The minimum absolute atomic E-state index is 0.277. The molecule has 8 heteroatoms. The Kier molecular flexibility index (Phi) is 3.64. The molecule has 0 unspecified atom stereocenters. The van der Waals surface area contributed by atoms with Crippen LogP contribution in [0.5, 0.6) is 0 Å². The standard InChI is InChI=1S/C7H12N4O3S/c1-7(2,14)4-15-6-8-9-10-11(6)3-5(12)13/h14H,3-4H2,1-2H3,(H,12,13). The van der Waals surface area contributed by atoms with Gasteiger partial charge in [-0.2, -0.15) is 0 Å². The summed E-state index contributed by atoms with van der Waals surface area (Å²) in [6.07, 6.45) is 0. The smallest absolute Gasteiger partial charge is 0.325 e. The van der Waals surface area contributed by atoms with Crippen LogP contribution in [-0.4, -0.2) is 47.7 Å². The van der Waals surface area contributed by atoms with Gasteiger partial charge in [-0.3, -0.25) is 4.79 Å². The summed E-state index contributed by atoms with van der Waals surface area (Å²) >= 11 is 1.22. The molecule has 0 spiro atoms. The van der Waals surface area contributed by atoms with Crippen LogP contribution in [0.1, 0.15) is 13.8 Å². The lowest BCUT2D eigenvalue weighted by Gasteiger charge is -2.15. The third kappa shape index (κ3) is 4.26. The van der Waals surface area contributed by atoms with Crippen LogP contribution < -0.4 is 0 Å². The number of aromatic nitrogens is 4. The Bertz CT molecular complexity index is 346. The van der Waals surface area contributed by atoms with E-state index in [9.17, 15) is 9.90 Å². The molecule has 0 fully saturated rings. The quantitative estimate of drug-likeness (QED) is 0.667. The summed E-state index contributed by atoms with van der Waals surface area (Å²) in [6, 6.07) is 0. The Morgan fingerprint density at radius 3 is 2.80 bits per heavy atom. The van der Waals surface area contributed by atoms with Crippen molar-refractivity contribution in [1.82, 2.24) is 20.2 Å². The highest BCUT2D eigenvalue weighted by molar-refractivity contribution is 7.99. The first-order valence-electron chi connectivity index (χ1n) is 4.21. The van der Waals surface area contributed by atoms with Crippen molar-refractivity contribution in [2.45, 2.75) is 31.1 Å². The zero-order valence-corrected chi connectivity index (χ0v) is 9.23. The summed E-state index contributed by atoms with van der Waals surface area (Å²) in [4.78, 5) is 10.4. The van der Waals surface area contributed by atoms with Gasteiger partial charge in [0.15, 0.2) is 0 Å². The molecule has 0 amide bonds. The molecule has 0 aromatic carbocycles. The van der Waals surface area contributed by atoms with Crippen molar-refractivity contribution in [1.29, 1.82) is 0 Å².